The minimum absolute atomic E-state index is 0.654. The van der Waals surface area contributed by atoms with Crippen molar-refractivity contribution in [3.8, 4) is 5.88 Å². The Labute approximate surface area is 83.7 Å². The fourth-order valence-corrected chi connectivity index (χ4v) is 1.78. The first-order chi connectivity index (χ1) is 6.88. The Bertz CT molecular complexity index is 297. The van der Waals surface area contributed by atoms with Crippen LogP contribution in [-0.2, 0) is 6.42 Å². The number of methoxy groups -OCH3 is 1. The van der Waals surface area contributed by atoms with Crippen LogP contribution in [0.1, 0.15) is 12.1 Å². The maximum absolute atomic E-state index is 5.05. The molecule has 2 heterocycles. The molecule has 4 heteroatoms. The largest absolute Gasteiger partial charge is 0.481 e. The summed E-state index contributed by atoms with van der Waals surface area (Å²) in [5, 5.41) is 3.35. The van der Waals surface area contributed by atoms with Gasteiger partial charge >= 0.3 is 0 Å². The Morgan fingerprint density at radius 2 is 2.50 bits per heavy atom. The first-order valence-corrected chi connectivity index (χ1v) is 4.94. The van der Waals surface area contributed by atoms with Crippen LogP contribution >= 0.6 is 0 Å². The van der Waals surface area contributed by atoms with Gasteiger partial charge < -0.3 is 10.1 Å². The van der Waals surface area contributed by atoms with Crippen molar-refractivity contribution in [3.05, 3.63) is 18.1 Å². The second-order valence-electron chi connectivity index (χ2n) is 3.61. The number of aromatic nitrogens is 2. The van der Waals surface area contributed by atoms with E-state index in [2.05, 4.69) is 15.3 Å². The number of nitrogens with zero attached hydrogens (tertiary/aromatic N) is 2. The molecule has 1 fully saturated rings. The molecule has 0 spiro atoms. The highest BCUT2D eigenvalue weighted by Crippen LogP contribution is 2.15. The average Bonchev–Trinajstić information content (AvgIpc) is 2.71. The van der Waals surface area contributed by atoms with Crippen LogP contribution in [0.5, 0.6) is 5.88 Å². The maximum atomic E-state index is 5.05. The summed E-state index contributed by atoms with van der Waals surface area (Å²) in [6.07, 6.45) is 3.83. The molecule has 1 aromatic heterocycles. The minimum Gasteiger partial charge on any atom is -0.481 e. The molecule has 0 aromatic carbocycles. The fourth-order valence-electron chi connectivity index (χ4n) is 1.78. The molecule has 1 aromatic rings. The van der Waals surface area contributed by atoms with Crippen LogP contribution in [0.15, 0.2) is 12.4 Å². The van der Waals surface area contributed by atoms with E-state index in [0.717, 1.165) is 31.1 Å². The predicted octanol–water partition coefficient (Wildman–Crippen LogP) is 0.637. The molecule has 0 radical (unpaired) electrons. The van der Waals surface area contributed by atoms with Gasteiger partial charge in [0.2, 0.25) is 5.88 Å². The van der Waals surface area contributed by atoms with E-state index in [1.54, 1.807) is 13.4 Å². The molecule has 0 saturated carbocycles. The van der Waals surface area contributed by atoms with Gasteiger partial charge in [-0.2, -0.15) is 0 Å². The minimum atomic E-state index is 0.654. The monoisotopic (exact) mass is 193 g/mol. The van der Waals surface area contributed by atoms with Crippen LogP contribution in [-0.4, -0.2) is 30.2 Å². The second kappa shape index (κ2) is 4.37. The topological polar surface area (TPSA) is 47.0 Å². The highest BCUT2D eigenvalue weighted by atomic mass is 16.5. The van der Waals surface area contributed by atoms with Gasteiger partial charge in [-0.1, -0.05) is 0 Å². The third-order valence-electron chi connectivity index (χ3n) is 2.57. The van der Waals surface area contributed by atoms with Crippen LogP contribution in [0.25, 0.3) is 0 Å². The van der Waals surface area contributed by atoms with E-state index < -0.39 is 0 Å². The standard InChI is InChI=1S/C10H15N3O/c1-14-10-5-9(12-7-13-10)4-8-2-3-11-6-8/h5,7-8,11H,2-4,6H2,1H3. The molecule has 1 atom stereocenters. The molecule has 4 nitrogen and oxygen atoms in total. The summed E-state index contributed by atoms with van der Waals surface area (Å²) in [4.78, 5) is 8.22. The molecule has 1 aliphatic rings. The molecule has 1 unspecified atom stereocenters. The lowest BCUT2D eigenvalue weighted by Crippen LogP contribution is -2.11. The van der Waals surface area contributed by atoms with E-state index in [4.69, 9.17) is 4.74 Å². The Morgan fingerprint density at radius 1 is 1.57 bits per heavy atom. The fraction of sp³-hybridized carbons (Fsp3) is 0.600. The van der Waals surface area contributed by atoms with Crippen LogP contribution in [0, 0.1) is 5.92 Å². The molecule has 0 amide bonds. The smallest absolute Gasteiger partial charge is 0.216 e. The van der Waals surface area contributed by atoms with Gasteiger partial charge in [-0.25, -0.2) is 9.97 Å². The second-order valence-corrected chi connectivity index (χ2v) is 3.61. The number of hydrogen-bond acceptors (Lipinski definition) is 4. The van der Waals surface area contributed by atoms with E-state index in [1.807, 2.05) is 6.07 Å². The quantitative estimate of drug-likeness (QED) is 0.765. The highest BCUT2D eigenvalue weighted by molar-refractivity contribution is 5.14. The Balaban J connectivity index is 2.00. The molecule has 1 aliphatic heterocycles. The Hall–Kier alpha value is -1.16. The van der Waals surface area contributed by atoms with Gasteiger partial charge in [0.05, 0.1) is 7.11 Å². The van der Waals surface area contributed by atoms with Gasteiger partial charge in [-0.05, 0) is 31.8 Å². The lowest BCUT2D eigenvalue weighted by atomic mass is 10.0. The van der Waals surface area contributed by atoms with Crippen molar-refractivity contribution >= 4 is 0 Å². The third-order valence-corrected chi connectivity index (χ3v) is 2.57. The van der Waals surface area contributed by atoms with Crippen molar-refractivity contribution in [3.63, 3.8) is 0 Å². The summed E-state index contributed by atoms with van der Waals surface area (Å²) in [6.45, 7) is 2.24. The molecule has 1 saturated heterocycles. The molecular formula is C10H15N3O. The van der Waals surface area contributed by atoms with Crippen molar-refractivity contribution < 1.29 is 4.74 Å². The molecule has 0 bridgehead atoms. The zero-order valence-electron chi connectivity index (χ0n) is 8.36. The van der Waals surface area contributed by atoms with Gasteiger partial charge in [0.1, 0.15) is 6.33 Å². The van der Waals surface area contributed by atoms with E-state index in [-0.39, 0.29) is 0 Å². The van der Waals surface area contributed by atoms with Crippen molar-refractivity contribution in [1.82, 2.24) is 15.3 Å². The van der Waals surface area contributed by atoms with Crippen LogP contribution in [0.2, 0.25) is 0 Å². The molecule has 76 valence electrons. The summed E-state index contributed by atoms with van der Waals surface area (Å²) >= 11 is 0. The van der Waals surface area contributed by atoms with Crippen molar-refractivity contribution in [2.45, 2.75) is 12.8 Å². The van der Waals surface area contributed by atoms with Crippen molar-refractivity contribution in [1.29, 1.82) is 0 Å². The normalized spacial score (nSPS) is 21.1. The van der Waals surface area contributed by atoms with E-state index in [9.17, 15) is 0 Å². The molecule has 0 aliphatic carbocycles. The maximum Gasteiger partial charge on any atom is 0.216 e. The summed E-state index contributed by atoms with van der Waals surface area (Å²) in [5.74, 6) is 1.37. The third kappa shape index (κ3) is 2.20. The lowest BCUT2D eigenvalue weighted by Gasteiger charge is -2.07. The van der Waals surface area contributed by atoms with Gasteiger partial charge in [0.25, 0.3) is 0 Å². The van der Waals surface area contributed by atoms with Gasteiger partial charge in [0, 0.05) is 11.8 Å². The van der Waals surface area contributed by atoms with Gasteiger partial charge in [0.15, 0.2) is 0 Å². The van der Waals surface area contributed by atoms with Crippen LogP contribution in [0.4, 0.5) is 0 Å². The van der Waals surface area contributed by atoms with Crippen LogP contribution in [0.3, 0.4) is 0 Å². The molecule has 14 heavy (non-hydrogen) atoms. The Morgan fingerprint density at radius 3 is 3.21 bits per heavy atom. The van der Waals surface area contributed by atoms with Gasteiger partial charge in [-0.3, -0.25) is 0 Å². The summed E-state index contributed by atoms with van der Waals surface area (Å²) in [5.41, 5.74) is 1.07. The SMILES string of the molecule is COc1cc(CC2CCNC2)ncn1. The van der Waals surface area contributed by atoms with E-state index >= 15 is 0 Å². The molecule has 2 rings (SSSR count). The van der Waals surface area contributed by atoms with E-state index in [1.165, 1.54) is 6.42 Å². The van der Waals surface area contributed by atoms with E-state index in [0.29, 0.717) is 5.88 Å². The first-order valence-electron chi connectivity index (χ1n) is 4.94. The molecular weight excluding hydrogens is 178 g/mol. The zero-order chi connectivity index (χ0) is 9.80. The zero-order valence-corrected chi connectivity index (χ0v) is 8.36. The first kappa shape index (κ1) is 9.40. The lowest BCUT2D eigenvalue weighted by molar-refractivity contribution is 0.395. The van der Waals surface area contributed by atoms with Crippen LogP contribution < -0.4 is 10.1 Å². The van der Waals surface area contributed by atoms with Crippen molar-refractivity contribution in [2.75, 3.05) is 20.2 Å². The van der Waals surface area contributed by atoms with Gasteiger partial charge in [-0.15, -0.1) is 0 Å². The predicted molar refractivity (Wildman–Crippen MR) is 53.3 cm³/mol. The molecule has 1 N–H and O–H groups in total. The van der Waals surface area contributed by atoms with Crippen molar-refractivity contribution in [2.24, 2.45) is 5.92 Å². The number of nitrogens with one attached hydrogen (secondary N) is 1. The highest BCUT2D eigenvalue weighted by Gasteiger charge is 2.15. The number of rotatable bonds is 3. The number of ether oxygens (including phenoxy) is 1. The summed E-state index contributed by atoms with van der Waals surface area (Å²) in [7, 11) is 1.63. The number of hydrogen-bond donors (Lipinski definition) is 1. The summed E-state index contributed by atoms with van der Waals surface area (Å²) in [6, 6.07) is 1.92. The Kier molecular flexibility index (Phi) is 2.93. The summed E-state index contributed by atoms with van der Waals surface area (Å²) < 4.78 is 5.05. The average molecular weight is 193 g/mol.